The lowest BCUT2D eigenvalue weighted by Crippen LogP contribution is -2.42. The van der Waals surface area contributed by atoms with Gasteiger partial charge in [0, 0.05) is 18.2 Å². The molecule has 1 amide bonds. The van der Waals surface area contributed by atoms with Gasteiger partial charge in [0.25, 0.3) is 15.9 Å². The Kier molecular flexibility index (Phi) is 5.56. The molecule has 2 aromatic rings. The van der Waals surface area contributed by atoms with Crippen molar-refractivity contribution < 1.29 is 13.2 Å². The fourth-order valence-corrected chi connectivity index (χ4v) is 4.53. The first kappa shape index (κ1) is 19.4. The summed E-state index contributed by atoms with van der Waals surface area (Å²) in [5.41, 5.74) is 3.01. The summed E-state index contributed by atoms with van der Waals surface area (Å²) in [6, 6.07) is 11.9. The van der Waals surface area contributed by atoms with Gasteiger partial charge in [-0.05, 0) is 81.5 Å². The lowest BCUT2D eigenvalue weighted by molar-refractivity contribution is 0.0635. The zero-order valence-corrected chi connectivity index (χ0v) is 16.8. The van der Waals surface area contributed by atoms with E-state index >= 15 is 0 Å². The van der Waals surface area contributed by atoms with Crippen LogP contribution in [0.1, 0.15) is 47.7 Å². The third-order valence-electron chi connectivity index (χ3n) is 5.32. The summed E-state index contributed by atoms with van der Waals surface area (Å²) < 4.78 is 28.0. The first-order chi connectivity index (χ1) is 12.8. The van der Waals surface area contributed by atoms with Gasteiger partial charge in [-0.3, -0.25) is 9.52 Å². The van der Waals surface area contributed by atoms with Gasteiger partial charge in [-0.2, -0.15) is 0 Å². The van der Waals surface area contributed by atoms with Crippen molar-refractivity contribution in [2.24, 2.45) is 0 Å². The normalized spacial score (nSPS) is 17.6. The van der Waals surface area contributed by atoms with Crippen LogP contribution in [0.25, 0.3) is 0 Å². The van der Waals surface area contributed by atoms with Gasteiger partial charge in [-0.15, -0.1) is 0 Å². The quantitative estimate of drug-likeness (QED) is 0.859. The molecule has 3 rings (SSSR count). The van der Waals surface area contributed by atoms with E-state index in [1.165, 1.54) is 12.1 Å². The van der Waals surface area contributed by atoms with Gasteiger partial charge in [0.1, 0.15) is 0 Å². The number of nitrogens with one attached hydrogen (secondary N) is 1. The molecule has 0 aliphatic carbocycles. The van der Waals surface area contributed by atoms with Gasteiger partial charge in [0.05, 0.1) is 10.6 Å². The SMILES string of the molecule is Cc1cccc(NS(=O)(=O)c2ccc(C(=O)N3CCCC[C@@H]3C)cc2)c1C. The van der Waals surface area contributed by atoms with Crippen molar-refractivity contribution in [3.8, 4) is 0 Å². The number of benzene rings is 2. The van der Waals surface area contributed by atoms with Gasteiger partial charge < -0.3 is 4.90 Å². The molecule has 2 aromatic carbocycles. The van der Waals surface area contributed by atoms with Crippen LogP contribution in [0.15, 0.2) is 47.4 Å². The molecule has 0 unspecified atom stereocenters. The highest BCUT2D eigenvalue weighted by atomic mass is 32.2. The van der Waals surface area contributed by atoms with E-state index in [1.54, 1.807) is 18.2 Å². The zero-order chi connectivity index (χ0) is 19.6. The van der Waals surface area contributed by atoms with Crippen molar-refractivity contribution in [2.75, 3.05) is 11.3 Å². The maximum atomic E-state index is 12.7. The van der Waals surface area contributed by atoms with Crippen LogP contribution in [-0.2, 0) is 10.0 Å². The average molecular weight is 387 g/mol. The second kappa shape index (κ2) is 7.72. The minimum atomic E-state index is -3.71. The standard InChI is InChI=1S/C21H26N2O3S/c1-15-7-6-9-20(17(15)3)22-27(25,26)19-12-10-18(11-13-19)21(24)23-14-5-4-8-16(23)2/h6-7,9-13,16,22H,4-5,8,14H2,1-3H3/t16-/m0/s1. The van der Waals surface area contributed by atoms with E-state index in [-0.39, 0.29) is 16.8 Å². The Bertz CT molecular complexity index is 936. The molecule has 0 bridgehead atoms. The van der Waals surface area contributed by atoms with Crippen molar-refractivity contribution in [2.45, 2.75) is 51.0 Å². The Hall–Kier alpha value is -2.34. The van der Waals surface area contributed by atoms with Crippen molar-refractivity contribution in [1.82, 2.24) is 4.90 Å². The van der Waals surface area contributed by atoms with E-state index in [1.807, 2.05) is 30.9 Å². The minimum Gasteiger partial charge on any atom is -0.336 e. The molecule has 1 atom stereocenters. The Morgan fingerprint density at radius 3 is 2.44 bits per heavy atom. The summed E-state index contributed by atoms with van der Waals surface area (Å²) in [5, 5.41) is 0. The molecule has 0 saturated carbocycles. The lowest BCUT2D eigenvalue weighted by atomic mass is 10.0. The number of rotatable bonds is 4. The maximum absolute atomic E-state index is 12.7. The molecule has 1 fully saturated rings. The van der Waals surface area contributed by atoms with Gasteiger partial charge >= 0.3 is 0 Å². The summed E-state index contributed by atoms with van der Waals surface area (Å²) in [4.78, 5) is 14.7. The monoisotopic (exact) mass is 386 g/mol. The number of carbonyl (C=O) groups excluding carboxylic acids is 1. The third-order valence-corrected chi connectivity index (χ3v) is 6.71. The smallest absolute Gasteiger partial charge is 0.261 e. The number of nitrogens with zero attached hydrogens (tertiary/aromatic N) is 1. The van der Waals surface area contributed by atoms with Crippen LogP contribution in [0.4, 0.5) is 5.69 Å². The van der Waals surface area contributed by atoms with E-state index in [0.29, 0.717) is 11.3 Å². The van der Waals surface area contributed by atoms with Crippen molar-refractivity contribution in [1.29, 1.82) is 0 Å². The maximum Gasteiger partial charge on any atom is 0.261 e. The number of hydrogen-bond acceptors (Lipinski definition) is 3. The van der Waals surface area contributed by atoms with E-state index in [2.05, 4.69) is 11.6 Å². The molecule has 1 saturated heterocycles. The van der Waals surface area contributed by atoms with Crippen LogP contribution >= 0.6 is 0 Å². The molecule has 1 heterocycles. The third kappa shape index (κ3) is 4.16. The van der Waals surface area contributed by atoms with Crippen LogP contribution in [0.2, 0.25) is 0 Å². The second-order valence-corrected chi connectivity index (χ2v) is 8.90. The van der Waals surface area contributed by atoms with Crippen LogP contribution < -0.4 is 4.72 Å². The Morgan fingerprint density at radius 2 is 1.78 bits per heavy atom. The summed E-state index contributed by atoms with van der Waals surface area (Å²) in [6.45, 7) is 6.64. The van der Waals surface area contributed by atoms with E-state index < -0.39 is 10.0 Å². The number of piperidine rings is 1. The number of hydrogen-bond donors (Lipinski definition) is 1. The van der Waals surface area contributed by atoms with E-state index in [0.717, 1.165) is 36.9 Å². The number of amides is 1. The average Bonchev–Trinajstić information content (AvgIpc) is 2.65. The summed E-state index contributed by atoms with van der Waals surface area (Å²) >= 11 is 0. The lowest BCUT2D eigenvalue weighted by Gasteiger charge is -2.33. The van der Waals surface area contributed by atoms with Crippen LogP contribution in [0.3, 0.4) is 0 Å². The highest BCUT2D eigenvalue weighted by molar-refractivity contribution is 7.92. The van der Waals surface area contributed by atoms with Crippen molar-refractivity contribution in [3.63, 3.8) is 0 Å². The number of carbonyl (C=O) groups is 1. The molecule has 5 nitrogen and oxygen atoms in total. The Balaban J connectivity index is 1.79. The highest BCUT2D eigenvalue weighted by Gasteiger charge is 2.24. The highest BCUT2D eigenvalue weighted by Crippen LogP contribution is 2.23. The van der Waals surface area contributed by atoms with Gasteiger partial charge in [-0.25, -0.2) is 8.42 Å². The summed E-state index contributed by atoms with van der Waals surface area (Å²) in [7, 11) is -3.71. The van der Waals surface area contributed by atoms with Gasteiger partial charge in [0.2, 0.25) is 0 Å². The molecule has 1 N–H and O–H groups in total. The van der Waals surface area contributed by atoms with Gasteiger partial charge in [-0.1, -0.05) is 12.1 Å². The molecular formula is C21H26N2O3S. The molecule has 0 spiro atoms. The Morgan fingerprint density at radius 1 is 1.07 bits per heavy atom. The predicted molar refractivity (Wildman–Crippen MR) is 108 cm³/mol. The molecular weight excluding hydrogens is 360 g/mol. The number of anilines is 1. The second-order valence-electron chi connectivity index (χ2n) is 7.22. The van der Waals surface area contributed by atoms with Crippen LogP contribution in [-0.4, -0.2) is 31.8 Å². The molecule has 6 heteroatoms. The Labute approximate surface area is 161 Å². The molecule has 0 radical (unpaired) electrons. The fourth-order valence-electron chi connectivity index (χ4n) is 3.41. The van der Waals surface area contributed by atoms with Crippen LogP contribution in [0, 0.1) is 13.8 Å². The number of sulfonamides is 1. The molecule has 1 aliphatic heterocycles. The van der Waals surface area contributed by atoms with E-state index in [9.17, 15) is 13.2 Å². The molecule has 144 valence electrons. The van der Waals surface area contributed by atoms with Gasteiger partial charge in [0.15, 0.2) is 0 Å². The summed E-state index contributed by atoms with van der Waals surface area (Å²) in [6.07, 6.45) is 3.17. The number of likely N-dealkylation sites (tertiary alicyclic amines) is 1. The number of aryl methyl sites for hydroxylation is 1. The summed E-state index contributed by atoms with van der Waals surface area (Å²) in [5.74, 6) is -0.0337. The minimum absolute atomic E-state index is 0.0337. The first-order valence-corrected chi connectivity index (χ1v) is 10.8. The predicted octanol–water partition coefficient (Wildman–Crippen LogP) is 4.12. The van der Waals surface area contributed by atoms with Crippen molar-refractivity contribution >= 4 is 21.6 Å². The largest absolute Gasteiger partial charge is 0.336 e. The molecule has 0 aromatic heterocycles. The fraction of sp³-hybridized carbons (Fsp3) is 0.381. The first-order valence-electron chi connectivity index (χ1n) is 9.29. The molecule has 27 heavy (non-hydrogen) atoms. The topological polar surface area (TPSA) is 66.5 Å². The molecule has 1 aliphatic rings. The zero-order valence-electron chi connectivity index (χ0n) is 16.0. The van der Waals surface area contributed by atoms with Crippen LogP contribution in [0.5, 0.6) is 0 Å². The van der Waals surface area contributed by atoms with Crippen molar-refractivity contribution in [3.05, 3.63) is 59.2 Å². The van der Waals surface area contributed by atoms with E-state index in [4.69, 9.17) is 0 Å².